The Bertz CT molecular complexity index is 549. The topological polar surface area (TPSA) is 20.5 Å². The summed E-state index contributed by atoms with van der Waals surface area (Å²) in [6.07, 6.45) is 6.65. The normalized spacial score (nSPS) is 20.9. The Balaban J connectivity index is 1.75. The SMILES string of the molecule is CCN1CCC(Cc2cn3cc(Br)ccc3n2)C1. The van der Waals surface area contributed by atoms with Crippen molar-refractivity contribution in [2.75, 3.05) is 19.6 Å². The number of aromatic nitrogens is 2. The van der Waals surface area contributed by atoms with Crippen LogP contribution in [-0.2, 0) is 6.42 Å². The second kappa shape index (κ2) is 5.02. The zero-order valence-corrected chi connectivity index (χ0v) is 12.2. The molecule has 0 N–H and O–H groups in total. The summed E-state index contributed by atoms with van der Waals surface area (Å²) in [5, 5.41) is 0. The molecule has 1 aliphatic rings. The number of pyridine rings is 1. The van der Waals surface area contributed by atoms with Crippen molar-refractivity contribution in [2.45, 2.75) is 19.8 Å². The molecule has 1 saturated heterocycles. The molecule has 0 radical (unpaired) electrons. The van der Waals surface area contributed by atoms with Crippen molar-refractivity contribution < 1.29 is 0 Å². The highest BCUT2D eigenvalue weighted by Crippen LogP contribution is 2.21. The molecule has 1 fully saturated rings. The number of likely N-dealkylation sites (tertiary alicyclic amines) is 1. The van der Waals surface area contributed by atoms with Crippen LogP contribution < -0.4 is 0 Å². The monoisotopic (exact) mass is 307 g/mol. The van der Waals surface area contributed by atoms with Crippen molar-refractivity contribution >= 4 is 21.6 Å². The highest BCUT2D eigenvalue weighted by Gasteiger charge is 2.22. The third-order valence-electron chi connectivity index (χ3n) is 3.78. The molecular formula is C14H18BrN3. The zero-order valence-electron chi connectivity index (χ0n) is 10.6. The summed E-state index contributed by atoms with van der Waals surface area (Å²) in [6.45, 7) is 5.90. The van der Waals surface area contributed by atoms with E-state index in [2.05, 4.69) is 50.6 Å². The van der Waals surface area contributed by atoms with E-state index in [1.807, 2.05) is 6.07 Å². The molecule has 0 amide bonds. The van der Waals surface area contributed by atoms with Gasteiger partial charge in [-0.25, -0.2) is 4.98 Å². The molecule has 3 rings (SSSR count). The molecule has 1 aliphatic heterocycles. The summed E-state index contributed by atoms with van der Waals surface area (Å²) >= 11 is 3.49. The minimum atomic E-state index is 0.776. The fraction of sp³-hybridized carbons (Fsp3) is 0.500. The van der Waals surface area contributed by atoms with Crippen LogP contribution in [0.5, 0.6) is 0 Å². The van der Waals surface area contributed by atoms with Crippen LogP contribution in [0.3, 0.4) is 0 Å². The summed E-state index contributed by atoms with van der Waals surface area (Å²) in [4.78, 5) is 7.22. The van der Waals surface area contributed by atoms with Crippen molar-refractivity contribution in [1.29, 1.82) is 0 Å². The summed E-state index contributed by atoms with van der Waals surface area (Å²) < 4.78 is 3.20. The average molecular weight is 308 g/mol. The quantitative estimate of drug-likeness (QED) is 0.869. The molecule has 0 aromatic carbocycles. The molecule has 0 bridgehead atoms. The second-order valence-corrected chi connectivity index (χ2v) is 6.01. The predicted octanol–water partition coefficient (Wildman–Crippen LogP) is 2.98. The fourth-order valence-electron chi connectivity index (χ4n) is 2.78. The standard InChI is InChI=1S/C14H18BrN3/c1-2-17-6-5-11(8-17)7-13-10-18-9-12(15)3-4-14(18)16-13/h3-4,9-11H,2,5-8H2,1H3. The van der Waals surface area contributed by atoms with E-state index in [1.165, 1.54) is 31.7 Å². The first kappa shape index (κ1) is 12.2. The molecule has 0 aliphatic carbocycles. The summed E-state index contributed by atoms with van der Waals surface area (Å²) in [7, 11) is 0. The molecule has 2 aromatic heterocycles. The van der Waals surface area contributed by atoms with Crippen LogP contribution in [-0.4, -0.2) is 33.9 Å². The lowest BCUT2D eigenvalue weighted by atomic mass is 10.0. The maximum Gasteiger partial charge on any atom is 0.137 e. The van der Waals surface area contributed by atoms with Crippen LogP contribution in [0.15, 0.2) is 29.0 Å². The average Bonchev–Trinajstić information content (AvgIpc) is 2.95. The number of imidazole rings is 1. The van der Waals surface area contributed by atoms with E-state index in [0.29, 0.717) is 0 Å². The molecule has 3 nitrogen and oxygen atoms in total. The van der Waals surface area contributed by atoms with Gasteiger partial charge in [-0.2, -0.15) is 0 Å². The molecule has 18 heavy (non-hydrogen) atoms. The molecular weight excluding hydrogens is 290 g/mol. The smallest absolute Gasteiger partial charge is 0.137 e. The predicted molar refractivity (Wildman–Crippen MR) is 76.8 cm³/mol. The van der Waals surface area contributed by atoms with Crippen LogP contribution in [0.1, 0.15) is 19.0 Å². The fourth-order valence-corrected chi connectivity index (χ4v) is 3.13. The minimum Gasteiger partial charge on any atom is -0.306 e. The van der Waals surface area contributed by atoms with Crippen LogP contribution in [0.4, 0.5) is 0 Å². The van der Waals surface area contributed by atoms with Crippen LogP contribution in [0, 0.1) is 5.92 Å². The maximum atomic E-state index is 4.69. The van der Waals surface area contributed by atoms with Gasteiger partial charge in [0, 0.05) is 23.4 Å². The third-order valence-corrected chi connectivity index (χ3v) is 4.25. The number of halogens is 1. The highest BCUT2D eigenvalue weighted by molar-refractivity contribution is 9.10. The lowest BCUT2D eigenvalue weighted by molar-refractivity contribution is 0.341. The Morgan fingerprint density at radius 1 is 1.39 bits per heavy atom. The van der Waals surface area contributed by atoms with Crippen LogP contribution in [0.2, 0.25) is 0 Å². The Kier molecular flexibility index (Phi) is 3.39. The first-order valence-corrected chi connectivity index (χ1v) is 7.39. The van der Waals surface area contributed by atoms with Gasteiger partial charge < -0.3 is 9.30 Å². The first-order chi connectivity index (χ1) is 8.74. The largest absolute Gasteiger partial charge is 0.306 e. The highest BCUT2D eigenvalue weighted by atomic mass is 79.9. The van der Waals surface area contributed by atoms with Gasteiger partial charge >= 0.3 is 0 Å². The van der Waals surface area contributed by atoms with Gasteiger partial charge in [0.05, 0.1) is 5.69 Å². The Morgan fingerprint density at radius 2 is 2.28 bits per heavy atom. The van der Waals surface area contributed by atoms with Crippen molar-refractivity contribution in [1.82, 2.24) is 14.3 Å². The van der Waals surface area contributed by atoms with Crippen LogP contribution >= 0.6 is 15.9 Å². The summed E-state index contributed by atoms with van der Waals surface area (Å²) in [5.74, 6) is 0.776. The number of rotatable bonds is 3. The van der Waals surface area contributed by atoms with Crippen molar-refractivity contribution in [3.05, 3.63) is 34.7 Å². The van der Waals surface area contributed by atoms with Crippen molar-refractivity contribution in [3.63, 3.8) is 0 Å². The molecule has 1 unspecified atom stereocenters. The lowest BCUT2D eigenvalue weighted by Gasteiger charge is -2.11. The molecule has 3 heterocycles. The number of hydrogen-bond acceptors (Lipinski definition) is 2. The van der Waals surface area contributed by atoms with Gasteiger partial charge in [0.15, 0.2) is 0 Å². The minimum absolute atomic E-state index is 0.776. The van der Waals surface area contributed by atoms with E-state index in [-0.39, 0.29) is 0 Å². The van der Waals surface area contributed by atoms with E-state index in [4.69, 9.17) is 4.98 Å². The second-order valence-electron chi connectivity index (χ2n) is 5.10. The van der Waals surface area contributed by atoms with Gasteiger partial charge in [0.25, 0.3) is 0 Å². The molecule has 96 valence electrons. The number of fused-ring (bicyclic) bond motifs is 1. The first-order valence-electron chi connectivity index (χ1n) is 6.60. The number of nitrogens with zero attached hydrogens (tertiary/aromatic N) is 3. The van der Waals surface area contributed by atoms with E-state index >= 15 is 0 Å². The van der Waals surface area contributed by atoms with Gasteiger partial charge in [0.1, 0.15) is 5.65 Å². The van der Waals surface area contributed by atoms with Gasteiger partial charge in [0.2, 0.25) is 0 Å². The van der Waals surface area contributed by atoms with Crippen molar-refractivity contribution in [3.8, 4) is 0 Å². The van der Waals surface area contributed by atoms with E-state index in [9.17, 15) is 0 Å². The van der Waals surface area contributed by atoms with E-state index < -0.39 is 0 Å². The van der Waals surface area contributed by atoms with Gasteiger partial charge in [-0.3, -0.25) is 0 Å². The number of hydrogen-bond donors (Lipinski definition) is 0. The maximum absolute atomic E-state index is 4.69. The van der Waals surface area contributed by atoms with E-state index in [1.54, 1.807) is 0 Å². The molecule has 1 atom stereocenters. The Morgan fingerprint density at radius 3 is 3.06 bits per heavy atom. The van der Waals surface area contributed by atoms with Crippen LogP contribution in [0.25, 0.3) is 5.65 Å². The Hall–Kier alpha value is -0.870. The zero-order chi connectivity index (χ0) is 12.5. The van der Waals surface area contributed by atoms with Gasteiger partial charge in [-0.15, -0.1) is 0 Å². The van der Waals surface area contributed by atoms with Crippen molar-refractivity contribution in [2.24, 2.45) is 5.92 Å². The molecule has 0 saturated carbocycles. The molecule has 2 aromatic rings. The summed E-state index contributed by atoms with van der Waals surface area (Å²) in [6, 6.07) is 4.10. The van der Waals surface area contributed by atoms with Gasteiger partial charge in [-0.1, -0.05) is 6.92 Å². The third kappa shape index (κ3) is 2.45. The van der Waals surface area contributed by atoms with E-state index in [0.717, 1.165) is 22.5 Å². The lowest BCUT2D eigenvalue weighted by Crippen LogP contribution is -2.20. The summed E-state index contributed by atoms with van der Waals surface area (Å²) in [5.41, 5.74) is 2.26. The van der Waals surface area contributed by atoms with Gasteiger partial charge in [-0.05, 0) is 59.9 Å². The molecule has 4 heteroatoms. The molecule has 0 spiro atoms. The Labute approximate surface area is 116 Å².